The van der Waals surface area contributed by atoms with Crippen LogP contribution < -0.4 is 0 Å². The summed E-state index contributed by atoms with van der Waals surface area (Å²) in [6.07, 6.45) is 0. The van der Waals surface area contributed by atoms with E-state index < -0.39 is 0 Å². The second kappa shape index (κ2) is 14.3. The molecule has 0 aliphatic heterocycles. The molecule has 0 fully saturated rings. The molecule has 13 rings (SSSR count). The first-order valence-corrected chi connectivity index (χ1v) is 22.1. The Morgan fingerprint density at radius 1 is 0.323 bits per heavy atom. The van der Waals surface area contributed by atoms with Crippen LogP contribution in [0.3, 0.4) is 0 Å². The Kier molecular flexibility index (Phi) is 8.18. The highest BCUT2D eigenvalue weighted by atomic mass is 16.3. The minimum Gasteiger partial charge on any atom is -0.456 e. The third-order valence-electron chi connectivity index (χ3n) is 13.4. The van der Waals surface area contributed by atoms with E-state index in [9.17, 15) is 0 Å². The van der Waals surface area contributed by atoms with E-state index in [0.29, 0.717) is 17.5 Å². The molecule has 0 saturated heterocycles. The summed E-state index contributed by atoms with van der Waals surface area (Å²) >= 11 is 0. The first kappa shape index (κ1) is 37.2. The molecule has 5 nitrogen and oxygen atoms in total. The third kappa shape index (κ3) is 5.82. The van der Waals surface area contributed by atoms with Gasteiger partial charge in [0.1, 0.15) is 22.3 Å². The minimum atomic E-state index is -0.0522. The summed E-state index contributed by atoms with van der Waals surface area (Å²) in [7, 11) is 0. The van der Waals surface area contributed by atoms with Gasteiger partial charge in [-0.15, -0.1) is 0 Å². The van der Waals surface area contributed by atoms with Crippen molar-refractivity contribution in [3.63, 3.8) is 0 Å². The molecule has 0 radical (unpaired) electrons. The smallest absolute Gasteiger partial charge is 0.164 e. The van der Waals surface area contributed by atoms with Gasteiger partial charge in [-0.1, -0.05) is 184 Å². The van der Waals surface area contributed by atoms with Crippen LogP contribution >= 0.6 is 0 Å². The standard InChI is InChI=1S/C60H39N3O2/c1-60(2)48-24-10-8-19-43(48)54-41(21-12-25-49(54)60)38-31-29-36(30-32-38)39-33-34-51-47(35-39)56-46(23-14-28-53(56)65-51)59-62-57(42-18-7-6-17-40(42)37-15-4-3-5-16-37)61-58(63-59)45-22-13-27-52-55(45)44-20-9-11-26-50(44)64-52/h3-35H,1-2H3. The van der Waals surface area contributed by atoms with Crippen LogP contribution in [0.5, 0.6) is 0 Å². The lowest BCUT2D eigenvalue weighted by molar-refractivity contribution is 0.660. The van der Waals surface area contributed by atoms with Crippen molar-refractivity contribution in [2.75, 3.05) is 0 Å². The predicted octanol–water partition coefficient (Wildman–Crippen LogP) is 16.0. The second-order valence-electron chi connectivity index (χ2n) is 17.5. The number of para-hydroxylation sites is 1. The molecule has 3 aromatic heterocycles. The summed E-state index contributed by atoms with van der Waals surface area (Å²) in [5, 5.41) is 3.92. The molecule has 0 amide bonds. The average molecular weight is 834 g/mol. The molecule has 1 aliphatic carbocycles. The van der Waals surface area contributed by atoms with Gasteiger partial charge in [0.15, 0.2) is 17.5 Å². The predicted molar refractivity (Wildman–Crippen MR) is 265 cm³/mol. The van der Waals surface area contributed by atoms with Gasteiger partial charge in [0.05, 0.1) is 0 Å². The summed E-state index contributed by atoms with van der Waals surface area (Å²) in [5.41, 5.74) is 18.0. The Labute approximate surface area is 375 Å². The average Bonchev–Trinajstić information content (AvgIpc) is 4.01. The maximum atomic E-state index is 6.59. The van der Waals surface area contributed by atoms with E-state index in [-0.39, 0.29) is 5.41 Å². The van der Waals surface area contributed by atoms with E-state index in [2.05, 4.69) is 159 Å². The Bertz CT molecular complexity index is 3860. The second-order valence-corrected chi connectivity index (χ2v) is 17.5. The molecular weight excluding hydrogens is 795 g/mol. The number of aromatic nitrogens is 3. The van der Waals surface area contributed by atoms with Gasteiger partial charge >= 0.3 is 0 Å². The zero-order valence-corrected chi connectivity index (χ0v) is 35.7. The van der Waals surface area contributed by atoms with E-state index >= 15 is 0 Å². The molecule has 306 valence electrons. The number of furan rings is 2. The SMILES string of the molecule is CC1(C)c2ccccc2-c2c(-c3ccc(-c4ccc5oc6cccc(-c7nc(-c8ccccc8-c8ccccc8)nc(-c8cccc9oc%10ccccc%10c89)n7)c6c5c4)cc3)cccc21. The van der Waals surface area contributed by atoms with E-state index in [1.165, 1.54) is 33.4 Å². The molecular formula is C60H39N3O2. The highest BCUT2D eigenvalue weighted by Crippen LogP contribution is 2.52. The summed E-state index contributed by atoms with van der Waals surface area (Å²) in [4.78, 5) is 16.0. The Morgan fingerprint density at radius 3 is 1.54 bits per heavy atom. The van der Waals surface area contributed by atoms with Gasteiger partial charge in [0.25, 0.3) is 0 Å². The summed E-state index contributed by atoms with van der Waals surface area (Å²) < 4.78 is 12.9. The van der Waals surface area contributed by atoms with Crippen molar-refractivity contribution in [2.24, 2.45) is 0 Å². The zero-order valence-electron chi connectivity index (χ0n) is 35.7. The fourth-order valence-corrected chi connectivity index (χ4v) is 10.3. The van der Waals surface area contributed by atoms with Crippen LogP contribution in [0, 0.1) is 0 Å². The molecule has 65 heavy (non-hydrogen) atoms. The molecule has 1 aliphatic rings. The molecule has 9 aromatic carbocycles. The van der Waals surface area contributed by atoms with Crippen LogP contribution in [0.15, 0.2) is 209 Å². The molecule has 0 unspecified atom stereocenters. The zero-order chi connectivity index (χ0) is 43.2. The number of nitrogens with zero attached hydrogens (tertiary/aromatic N) is 3. The maximum Gasteiger partial charge on any atom is 0.164 e. The van der Waals surface area contributed by atoms with Gasteiger partial charge in [-0.25, -0.2) is 15.0 Å². The fourth-order valence-electron chi connectivity index (χ4n) is 10.3. The van der Waals surface area contributed by atoms with E-state index in [0.717, 1.165) is 82.8 Å². The molecule has 0 spiro atoms. The molecule has 0 saturated carbocycles. The van der Waals surface area contributed by atoms with Gasteiger partial charge in [0, 0.05) is 43.7 Å². The van der Waals surface area contributed by atoms with Crippen LogP contribution in [0.4, 0.5) is 0 Å². The molecule has 0 atom stereocenters. The van der Waals surface area contributed by atoms with Gasteiger partial charge in [0.2, 0.25) is 0 Å². The number of rotatable bonds is 6. The van der Waals surface area contributed by atoms with Crippen LogP contribution in [0.1, 0.15) is 25.0 Å². The van der Waals surface area contributed by atoms with Gasteiger partial charge < -0.3 is 8.83 Å². The topological polar surface area (TPSA) is 65.0 Å². The lowest BCUT2D eigenvalue weighted by Crippen LogP contribution is -2.14. The van der Waals surface area contributed by atoms with Crippen LogP contribution in [-0.2, 0) is 5.41 Å². The normalized spacial score (nSPS) is 12.9. The van der Waals surface area contributed by atoms with Crippen molar-refractivity contribution < 1.29 is 8.83 Å². The fraction of sp³-hybridized carbons (Fsp3) is 0.0500. The lowest BCUT2D eigenvalue weighted by atomic mass is 9.82. The Hall–Kier alpha value is -8.41. The van der Waals surface area contributed by atoms with Crippen LogP contribution in [0.25, 0.3) is 123 Å². The maximum absolute atomic E-state index is 6.59. The van der Waals surface area contributed by atoms with E-state index in [4.69, 9.17) is 23.8 Å². The minimum absolute atomic E-state index is 0.0522. The van der Waals surface area contributed by atoms with Crippen LogP contribution in [0.2, 0.25) is 0 Å². The first-order chi connectivity index (χ1) is 32.0. The van der Waals surface area contributed by atoms with Gasteiger partial charge in [-0.3, -0.25) is 0 Å². The van der Waals surface area contributed by atoms with Crippen molar-refractivity contribution in [2.45, 2.75) is 19.3 Å². The highest BCUT2D eigenvalue weighted by Gasteiger charge is 2.36. The molecule has 0 bridgehead atoms. The largest absolute Gasteiger partial charge is 0.456 e. The van der Waals surface area contributed by atoms with Crippen molar-refractivity contribution in [3.05, 3.63) is 211 Å². The molecule has 5 heteroatoms. The van der Waals surface area contributed by atoms with Crippen LogP contribution in [-0.4, -0.2) is 15.0 Å². The molecule has 3 heterocycles. The first-order valence-electron chi connectivity index (χ1n) is 22.1. The quantitative estimate of drug-likeness (QED) is 0.167. The highest BCUT2D eigenvalue weighted by molar-refractivity contribution is 6.14. The Morgan fingerprint density at radius 2 is 0.800 bits per heavy atom. The number of benzene rings is 9. The molecule has 0 N–H and O–H groups in total. The lowest BCUT2D eigenvalue weighted by Gasteiger charge is -2.21. The number of hydrogen-bond acceptors (Lipinski definition) is 5. The summed E-state index contributed by atoms with van der Waals surface area (Å²) in [6, 6.07) is 70.1. The van der Waals surface area contributed by atoms with Gasteiger partial charge in [-0.2, -0.15) is 0 Å². The van der Waals surface area contributed by atoms with Crippen molar-refractivity contribution >= 4 is 43.9 Å². The monoisotopic (exact) mass is 833 g/mol. The van der Waals surface area contributed by atoms with Gasteiger partial charge in [-0.05, 0) is 86.0 Å². The Balaban J connectivity index is 0.972. The summed E-state index contributed by atoms with van der Waals surface area (Å²) in [5.74, 6) is 1.70. The van der Waals surface area contributed by atoms with Crippen molar-refractivity contribution in [3.8, 4) is 78.7 Å². The number of hydrogen-bond donors (Lipinski definition) is 0. The van der Waals surface area contributed by atoms with E-state index in [1.807, 2.05) is 54.6 Å². The van der Waals surface area contributed by atoms with Crippen molar-refractivity contribution in [1.29, 1.82) is 0 Å². The summed E-state index contributed by atoms with van der Waals surface area (Å²) in [6.45, 7) is 4.66. The molecule has 12 aromatic rings. The van der Waals surface area contributed by atoms with E-state index in [1.54, 1.807) is 0 Å². The number of fused-ring (bicyclic) bond motifs is 9. The third-order valence-corrected chi connectivity index (χ3v) is 13.4. The van der Waals surface area contributed by atoms with Crippen molar-refractivity contribution in [1.82, 2.24) is 15.0 Å².